The zero-order valence-corrected chi connectivity index (χ0v) is 15.2. The Balaban J connectivity index is 1.70. The first-order chi connectivity index (χ1) is 13.1. The molecule has 1 heterocycles. The van der Waals surface area contributed by atoms with Crippen molar-refractivity contribution < 1.29 is 13.9 Å². The number of hydrogen-bond donors (Lipinski definition) is 1. The van der Waals surface area contributed by atoms with Crippen molar-refractivity contribution in [2.75, 3.05) is 11.9 Å². The van der Waals surface area contributed by atoms with Gasteiger partial charge in [-0.05, 0) is 17.5 Å². The fourth-order valence-corrected chi connectivity index (χ4v) is 2.71. The van der Waals surface area contributed by atoms with Crippen LogP contribution in [0.25, 0.3) is 11.3 Å². The number of hydrogen-bond acceptors (Lipinski definition) is 4. The molecule has 1 aromatic heterocycles. The molecule has 0 saturated heterocycles. The lowest BCUT2D eigenvalue weighted by Gasteiger charge is -2.13. The lowest BCUT2D eigenvalue weighted by molar-refractivity contribution is -0.118. The molecule has 0 aliphatic carbocycles. The van der Waals surface area contributed by atoms with Crippen molar-refractivity contribution >= 4 is 11.8 Å². The van der Waals surface area contributed by atoms with Gasteiger partial charge in [0, 0.05) is 11.6 Å². The predicted molar refractivity (Wildman–Crippen MR) is 104 cm³/mol. The minimum atomic E-state index is -0.390. The molecule has 2 aromatic carbocycles. The predicted octanol–water partition coefficient (Wildman–Crippen LogP) is 4.96. The summed E-state index contributed by atoms with van der Waals surface area (Å²) in [7, 11) is 0. The van der Waals surface area contributed by atoms with Gasteiger partial charge in [0.15, 0.2) is 6.61 Å². The Bertz CT molecular complexity index is 969. The van der Waals surface area contributed by atoms with Gasteiger partial charge < -0.3 is 9.15 Å². The molecule has 0 aliphatic heterocycles. The number of anilines is 1. The van der Waals surface area contributed by atoms with E-state index in [9.17, 15) is 10.1 Å². The van der Waals surface area contributed by atoms with Gasteiger partial charge in [0.05, 0.1) is 0 Å². The van der Waals surface area contributed by atoms with E-state index in [2.05, 4.69) is 19.2 Å². The Hall–Kier alpha value is -3.52. The summed E-state index contributed by atoms with van der Waals surface area (Å²) in [4.78, 5) is 12.3. The maximum absolute atomic E-state index is 12.3. The second-order valence-corrected chi connectivity index (χ2v) is 6.36. The number of nitrogens with zero attached hydrogens (tertiary/aromatic N) is 1. The van der Waals surface area contributed by atoms with Crippen molar-refractivity contribution in [3.8, 4) is 23.1 Å². The summed E-state index contributed by atoms with van der Waals surface area (Å²) in [6, 6.07) is 20.7. The number of nitriles is 1. The molecule has 0 fully saturated rings. The largest absolute Gasteiger partial charge is 0.483 e. The summed E-state index contributed by atoms with van der Waals surface area (Å²) >= 11 is 0. The van der Waals surface area contributed by atoms with E-state index < -0.39 is 0 Å². The molecule has 5 heteroatoms. The van der Waals surface area contributed by atoms with Crippen molar-refractivity contribution in [1.29, 1.82) is 5.26 Å². The Morgan fingerprint density at radius 2 is 1.85 bits per heavy atom. The highest BCUT2D eigenvalue weighted by Gasteiger charge is 2.16. The minimum Gasteiger partial charge on any atom is -0.483 e. The third-order valence-corrected chi connectivity index (χ3v) is 4.06. The minimum absolute atomic E-state index is 0.127. The summed E-state index contributed by atoms with van der Waals surface area (Å²) in [5.74, 6) is 1.22. The van der Waals surface area contributed by atoms with Crippen molar-refractivity contribution in [3.05, 3.63) is 71.8 Å². The van der Waals surface area contributed by atoms with Crippen LogP contribution in [0.15, 0.2) is 65.1 Å². The van der Waals surface area contributed by atoms with Gasteiger partial charge in [-0.1, -0.05) is 62.4 Å². The maximum Gasteiger partial charge on any atom is 0.264 e. The summed E-state index contributed by atoms with van der Waals surface area (Å²) in [6.45, 7) is 3.96. The monoisotopic (exact) mass is 360 g/mol. The zero-order chi connectivity index (χ0) is 19.2. The molecule has 0 unspecified atom stereocenters. The molecule has 27 heavy (non-hydrogen) atoms. The smallest absolute Gasteiger partial charge is 0.264 e. The van der Waals surface area contributed by atoms with Gasteiger partial charge in [-0.2, -0.15) is 5.26 Å². The summed E-state index contributed by atoms with van der Waals surface area (Å²) in [5, 5.41) is 11.9. The highest BCUT2D eigenvalue weighted by Crippen LogP contribution is 2.29. The molecular weight excluding hydrogens is 340 g/mol. The third-order valence-electron chi connectivity index (χ3n) is 4.06. The average molecular weight is 360 g/mol. The second kappa shape index (κ2) is 8.24. The van der Waals surface area contributed by atoms with E-state index in [0.29, 0.717) is 11.5 Å². The van der Waals surface area contributed by atoms with Crippen LogP contribution in [0.4, 0.5) is 5.88 Å². The summed E-state index contributed by atoms with van der Waals surface area (Å²) < 4.78 is 11.3. The van der Waals surface area contributed by atoms with E-state index in [-0.39, 0.29) is 29.9 Å². The Kier molecular flexibility index (Phi) is 5.58. The van der Waals surface area contributed by atoms with Gasteiger partial charge in [-0.25, -0.2) is 0 Å². The van der Waals surface area contributed by atoms with Gasteiger partial charge in [-0.15, -0.1) is 0 Å². The molecule has 0 saturated carbocycles. The number of para-hydroxylation sites is 1. The van der Waals surface area contributed by atoms with Crippen LogP contribution < -0.4 is 10.1 Å². The normalized spacial score (nSPS) is 10.4. The number of carbonyl (C=O) groups is 1. The standard InChI is InChI=1S/C22H20N2O3/c1-15(2)18-10-6-7-11-19(18)26-14-21(25)24-22-17(13-23)12-20(27-22)16-8-4-3-5-9-16/h3-12,15H,14H2,1-2H3,(H,24,25). The fraction of sp³-hybridized carbons (Fsp3) is 0.182. The van der Waals surface area contributed by atoms with Crippen molar-refractivity contribution in [2.24, 2.45) is 0 Å². The van der Waals surface area contributed by atoms with Gasteiger partial charge in [0.25, 0.3) is 5.91 Å². The maximum atomic E-state index is 12.3. The van der Waals surface area contributed by atoms with E-state index >= 15 is 0 Å². The van der Waals surface area contributed by atoms with Crippen molar-refractivity contribution in [1.82, 2.24) is 0 Å². The molecule has 0 spiro atoms. The average Bonchev–Trinajstić information content (AvgIpc) is 3.10. The number of rotatable bonds is 6. The first-order valence-corrected chi connectivity index (χ1v) is 8.69. The Labute approximate surface area is 158 Å². The molecule has 0 aliphatic rings. The van der Waals surface area contributed by atoms with Gasteiger partial charge >= 0.3 is 0 Å². The topological polar surface area (TPSA) is 75.3 Å². The number of nitrogens with one attached hydrogen (secondary N) is 1. The molecule has 5 nitrogen and oxygen atoms in total. The van der Waals surface area contributed by atoms with Crippen LogP contribution in [0.5, 0.6) is 5.75 Å². The first kappa shape index (κ1) is 18.3. The molecule has 3 aromatic rings. The molecule has 0 radical (unpaired) electrons. The van der Waals surface area contributed by atoms with Crippen LogP contribution in [0, 0.1) is 11.3 Å². The molecule has 3 rings (SSSR count). The number of amides is 1. The lowest BCUT2D eigenvalue weighted by Crippen LogP contribution is -2.20. The van der Waals surface area contributed by atoms with E-state index in [0.717, 1.165) is 11.1 Å². The highest BCUT2D eigenvalue weighted by atomic mass is 16.5. The van der Waals surface area contributed by atoms with E-state index in [1.54, 1.807) is 6.07 Å². The van der Waals surface area contributed by atoms with Gasteiger partial charge in [-0.3, -0.25) is 10.1 Å². The van der Waals surface area contributed by atoms with Crippen LogP contribution in [0.3, 0.4) is 0 Å². The molecule has 0 bridgehead atoms. The number of ether oxygens (including phenoxy) is 1. The molecule has 136 valence electrons. The molecule has 0 atom stereocenters. The van der Waals surface area contributed by atoms with E-state index in [1.165, 1.54) is 0 Å². The zero-order valence-electron chi connectivity index (χ0n) is 15.2. The Morgan fingerprint density at radius 3 is 2.56 bits per heavy atom. The molecule has 1 N–H and O–H groups in total. The van der Waals surface area contributed by atoms with E-state index in [4.69, 9.17) is 9.15 Å². The lowest BCUT2D eigenvalue weighted by atomic mass is 10.0. The van der Waals surface area contributed by atoms with Crippen LogP contribution in [-0.4, -0.2) is 12.5 Å². The highest BCUT2D eigenvalue weighted by molar-refractivity contribution is 5.92. The summed E-state index contributed by atoms with van der Waals surface area (Å²) in [6.07, 6.45) is 0. The van der Waals surface area contributed by atoms with Gasteiger partial charge in [0.1, 0.15) is 23.1 Å². The van der Waals surface area contributed by atoms with Crippen LogP contribution >= 0.6 is 0 Å². The fourth-order valence-electron chi connectivity index (χ4n) is 2.71. The first-order valence-electron chi connectivity index (χ1n) is 8.69. The van der Waals surface area contributed by atoms with Crippen LogP contribution in [-0.2, 0) is 4.79 Å². The molecule has 1 amide bonds. The Morgan fingerprint density at radius 1 is 1.15 bits per heavy atom. The van der Waals surface area contributed by atoms with Crippen molar-refractivity contribution in [2.45, 2.75) is 19.8 Å². The number of carbonyl (C=O) groups excluding carboxylic acids is 1. The summed E-state index contributed by atoms with van der Waals surface area (Å²) in [5.41, 5.74) is 2.13. The quantitative estimate of drug-likeness (QED) is 0.674. The third kappa shape index (κ3) is 4.36. The van der Waals surface area contributed by atoms with Crippen LogP contribution in [0.1, 0.15) is 30.9 Å². The van der Waals surface area contributed by atoms with E-state index in [1.807, 2.05) is 60.7 Å². The second-order valence-electron chi connectivity index (χ2n) is 6.36. The molecular formula is C22H20N2O3. The number of furan rings is 1. The van der Waals surface area contributed by atoms with Crippen molar-refractivity contribution in [3.63, 3.8) is 0 Å². The van der Waals surface area contributed by atoms with Crippen LogP contribution in [0.2, 0.25) is 0 Å². The SMILES string of the molecule is CC(C)c1ccccc1OCC(=O)Nc1oc(-c2ccccc2)cc1C#N. The number of benzene rings is 2. The van der Waals surface area contributed by atoms with Gasteiger partial charge in [0.2, 0.25) is 5.88 Å².